The van der Waals surface area contributed by atoms with Gasteiger partial charge in [0.05, 0.1) is 19.3 Å². The Bertz CT molecular complexity index is 942. The summed E-state index contributed by atoms with van der Waals surface area (Å²) >= 11 is 0. The first-order valence-corrected chi connectivity index (χ1v) is 9.67. The number of benzene rings is 2. The molecular formula is C23H25N3O4. The van der Waals surface area contributed by atoms with Gasteiger partial charge in [-0.3, -0.25) is 4.79 Å². The molecule has 1 heterocycles. The molecule has 2 aromatic carbocycles. The normalized spacial score (nSPS) is 11.4. The molecule has 0 saturated carbocycles. The summed E-state index contributed by atoms with van der Waals surface area (Å²) < 4.78 is 16.3. The van der Waals surface area contributed by atoms with E-state index >= 15 is 0 Å². The number of amides is 1. The van der Waals surface area contributed by atoms with Crippen LogP contribution in [0.1, 0.15) is 12.5 Å². The number of hydrogen-bond acceptors (Lipinski definition) is 6. The molecule has 7 heteroatoms. The number of nitrogens with zero attached hydrogens (tertiary/aromatic N) is 2. The minimum atomic E-state index is -0.632. The second-order valence-electron chi connectivity index (χ2n) is 6.70. The molecule has 0 spiro atoms. The number of hydrogen-bond donors (Lipinski definition) is 1. The van der Waals surface area contributed by atoms with E-state index in [-0.39, 0.29) is 12.5 Å². The number of carbonyl (C=O) groups excluding carboxylic acids is 1. The summed E-state index contributed by atoms with van der Waals surface area (Å²) in [5, 5.41) is 11.0. The van der Waals surface area contributed by atoms with Crippen molar-refractivity contribution in [3.05, 3.63) is 66.2 Å². The van der Waals surface area contributed by atoms with Crippen LogP contribution in [0.4, 0.5) is 0 Å². The number of ether oxygens (including phenoxy) is 3. The van der Waals surface area contributed by atoms with Crippen molar-refractivity contribution in [3.8, 4) is 28.6 Å². The standard InChI is InChI=1S/C23H25N3O4/c1-16-4-6-18(7-5-16)21-12-13-22(26-25-21)29-15-14-24-23(27)17(2)30-20-10-8-19(28-3)9-11-20/h4-13,17H,14-15H2,1-3H3,(H,24,27). The van der Waals surface area contributed by atoms with Crippen LogP contribution in [0, 0.1) is 6.92 Å². The molecule has 0 saturated heterocycles. The van der Waals surface area contributed by atoms with Crippen molar-refractivity contribution < 1.29 is 19.0 Å². The van der Waals surface area contributed by atoms with Crippen molar-refractivity contribution in [1.29, 1.82) is 0 Å². The Morgan fingerprint density at radius 2 is 1.67 bits per heavy atom. The van der Waals surface area contributed by atoms with Crippen LogP contribution < -0.4 is 19.5 Å². The van der Waals surface area contributed by atoms with Crippen LogP contribution in [0.25, 0.3) is 11.3 Å². The van der Waals surface area contributed by atoms with Gasteiger partial charge in [0, 0.05) is 11.6 Å². The first-order valence-electron chi connectivity index (χ1n) is 9.67. The van der Waals surface area contributed by atoms with Crippen molar-refractivity contribution in [3.63, 3.8) is 0 Å². The number of carbonyl (C=O) groups is 1. The highest BCUT2D eigenvalue weighted by atomic mass is 16.5. The molecule has 0 bridgehead atoms. The SMILES string of the molecule is COc1ccc(OC(C)C(=O)NCCOc2ccc(-c3ccc(C)cc3)nn2)cc1. The van der Waals surface area contributed by atoms with E-state index in [9.17, 15) is 4.79 Å². The molecule has 1 aromatic heterocycles. The Hall–Kier alpha value is -3.61. The fourth-order valence-corrected chi connectivity index (χ4v) is 2.66. The van der Waals surface area contributed by atoms with E-state index in [0.717, 1.165) is 17.0 Å². The van der Waals surface area contributed by atoms with E-state index in [2.05, 4.69) is 15.5 Å². The van der Waals surface area contributed by atoms with Gasteiger partial charge in [0.15, 0.2) is 6.10 Å². The minimum absolute atomic E-state index is 0.227. The lowest BCUT2D eigenvalue weighted by Crippen LogP contribution is -2.38. The van der Waals surface area contributed by atoms with Gasteiger partial charge in [0.1, 0.15) is 18.1 Å². The van der Waals surface area contributed by atoms with Gasteiger partial charge in [-0.15, -0.1) is 10.2 Å². The van der Waals surface area contributed by atoms with Crippen LogP contribution in [0.2, 0.25) is 0 Å². The minimum Gasteiger partial charge on any atom is -0.497 e. The molecule has 0 aliphatic heterocycles. The maximum Gasteiger partial charge on any atom is 0.260 e. The third kappa shape index (κ3) is 5.94. The lowest BCUT2D eigenvalue weighted by atomic mass is 10.1. The van der Waals surface area contributed by atoms with Crippen LogP contribution in [-0.2, 0) is 4.79 Å². The molecule has 0 aliphatic carbocycles. The van der Waals surface area contributed by atoms with Crippen LogP contribution in [-0.4, -0.2) is 42.5 Å². The predicted octanol–water partition coefficient (Wildman–Crippen LogP) is 3.42. The van der Waals surface area contributed by atoms with Gasteiger partial charge in [-0.2, -0.15) is 0 Å². The van der Waals surface area contributed by atoms with E-state index in [1.165, 1.54) is 5.56 Å². The predicted molar refractivity (Wildman–Crippen MR) is 114 cm³/mol. The molecular weight excluding hydrogens is 382 g/mol. The summed E-state index contributed by atoms with van der Waals surface area (Å²) in [6.07, 6.45) is -0.632. The van der Waals surface area contributed by atoms with E-state index in [0.29, 0.717) is 18.2 Å². The Morgan fingerprint density at radius 1 is 0.967 bits per heavy atom. The van der Waals surface area contributed by atoms with Gasteiger partial charge in [-0.05, 0) is 44.2 Å². The summed E-state index contributed by atoms with van der Waals surface area (Å²) in [4.78, 5) is 12.2. The maximum atomic E-state index is 12.2. The lowest BCUT2D eigenvalue weighted by molar-refractivity contribution is -0.127. The monoisotopic (exact) mass is 407 g/mol. The molecule has 3 rings (SSSR count). The van der Waals surface area contributed by atoms with Gasteiger partial charge in [-0.1, -0.05) is 29.8 Å². The number of aryl methyl sites for hydroxylation is 1. The second-order valence-corrected chi connectivity index (χ2v) is 6.70. The zero-order valence-electron chi connectivity index (χ0n) is 17.3. The number of aromatic nitrogens is 2. The highest BCUT2D eigenvalue weighted by Crippen LogP contribution is 2.19. The first-order chi connectivity index (χ1) is 14.5. The Kier molecular flexibility index (Phi) is 7.21. The highest BCUT2D eigenvalue weighted by molar-refractivity contribution is 5.80. The van der Waals surface area contributed by atoms with Gasteiger partial charge < -0.3 is 19.5 Å². The van der Waals surface area contributed by atoms with E-state index in [4.69, 9.17) is 14.2 Å². The largest absolute Gasteiger partial charge is 0.497 e. The van der Waals surface area contributed by atoms with Crippen LogP contribution in [0.15, 0.2) is 60.7 Å². The molecule has 1 amide bonds. The first kappa shape index (κ1) is 21.1. The average Bonchev–Trinajstić information content (AvgIpc) is 2.78. The number of nitrogens with one attached hydrogen (secondary N) is 1. The molecule has 1 unspecified atom stereocenters. The summed E-state index contributed by atoms with van der Waals surface area (Å²) in [6.45, 7) is 4.34. The zero-order chi connectivity index (χ0) is 21.3. The lowest BCUT2D eigenvalue weighted by Gasteiger charge is -2.15. The summed E-state index contributed by atoms with van der Waals surface area (Å²) in [7, 11) is 1.60. The topological polar surface area (TPSA) is 82.6 Å². The van der Waals surface area contributed by atoms with E-state index in [1.54, 1.807) is 44.4 Å². The third-order valence-corrected chi connectivity index (χ3v) is 4.38. The Labute approximate surface area is 176 Å². The smallest absolute Gasteiger partial charge is 0.260 e. The molecule has 1 N–H and O–H groups in total. The molecule has 1 atom stereocenters. The molecule has 3 aromatic rings. The quantitative estimate of drug-likeness (QED) is 0.547. The number of methoxy groups -OCH3 is 1. The van der Waals surface area contributed by atoms with Gasteiger partial charge in [0.25, 0.3) is 5.91 Å². The molecule has 7 nitrogen and oxygen atoms in total. The zero-order valence-corrected chi connectivity index (χ0v) is 17.3. The van der Waals surface area contributed by atoms with Gasteiger partial charge in [0.2, 0.25) is 5.88 Å². The van der Waals surface area contributed by atoms with Crippen molar-refractivity contribution in [2.75, 3.05) is 20.3 Å². The summed E-state index contributed by atoms with van der Waals surface area (Å²) in [5.41, 5.74) is 2.97. The fourth-order valence-electron chi connectivity index (χ4n) is 2.66. The van der Waals surface area contributed by atoms with Gasteiger partial charge >= 0.3 is 0 Å². The van der Waals surface area contributed by atoms with Crippen LogP contribution >= 0.6 is 0 Å². The Morgan fingerprint density at radius 3 is 2.30 bits per heavy atom. The van der Waals surface area contributed by atoms with Crippen molar-refractivity contribution >= 4 is 5.91 Å². The second kappa shape index (κ2) is 10.2. The average molecular weight is 407 g/mol. The number of rotatable bonds is 9. The van der Waals surface area contributed by atoms with Crippen LogP contribution in [0.3, 0.4) is 0 Å². The van der Waals surface area contributed by atoms with E-state index in [1.807, 2.05) is 37.3 Å². The van der Waals surface area contributed by atoms with Crippen molar-refractivity contribution in [2.24, 2.45) is 0 Å². The molecule has 0 fully saturated rings. The summed E-state index contributed by atoms with van der Waals surface area (Å²) in [6, 6.07) is 18.8. The fraction of sp³-hybridized carbons (Fsp3) is 0.261. The Balaban J connectivity index is 1.40. The van der Waals surface area contributed by atoms with Gasteiger partial charge in [-0.25, -0.2) is 0 Å². The maximum absolute atomic E-state index is 12.2. The molecule has 156 valence electrons. The van der Waals surface area contributed by atoms with Crippen LogP contribution in [0.5, 0.6) is 17.4 Å². The van der Waals surface area contributed by atoms with Crippen molar-refractivity contribution in [2.45, 2.75) is 20.0 Å². The van der Waals surface area contributed by atoms with Crippen molar-refractivity contribution in [1.82, 2.24) is 15.5 Å². The molecule has 0 aliphatic rings. The summed E-state index contributed by atoms with van der Waals surface area (Å²) in [5.74, 6) is 1.50. The third-order valence-electron chi connectivity index (χ3n) is 4.38. The highest BCUT2D eigenvalue weighted by Gasteiger charge is 2.14. The van der Waals surface area contributed by atoms with E-state index < -0.39 is 6.10 Å². The molecule has 0 radical (unpaired) electrons. The molecule has 30 heavy (non-hydrogen) atoms.